The Morgan fingerprint density at radius 3 is 1.62 bits per heavy atom. The van der Waals surface area contributed by atoms with Gasteiger partial charge in [0.25, 0.3) is 10.1 Å². The fraction of sp³-hybridized carbons (Fsp3) is 0.200. The van der Waals surface area contributed by atoms with Gasteiger partial charge in [0, 0.05) is 22.9 Å². The standard InChI is InChI=1S/C19H18O3.C16H12O3.C10H14O3S/c1-3-11-21-18-13(2)9-10-15-16(12-17(20)22-19(15)18)14-7-5-4-6-8-14;1-10-7-8-12-13(11-5-3-2-4-6-11)9-14(17)19-16(12)15(10)18;1-3-8-13-14(11,12)10-6-4-9(2)5-7-10/h4-10,12H,3,11H2,1-2H3;2-9,18H,1H3;4-7H,3,8H2,1-2H3. The van der Waals surface area contributed by atoms with Gasteiger partial charge in [0.1, 0.15) is 0 Å². The van der Waals surface area contributed by atoms with Crippen LogP contribution in [0.5, 0.6) is 11.5 Å². The van der Waals surface area contributed by atoms with E-state index in [4.69, 9.17) is 17.8 Å². The van der Waals surface area contributed by atoms with Gasteiger partial charge < -0.3 is 18.7 Å². The number of benzene rings is 5. The molecular formula is C45H44O9S. The van der Waals surface area contributed by atoms with Crippen molar-refractivity contribution in [3.63, 3.8) is 0 Å². The maximum Gasteiger partial charge on any atom is 0.336 e. The smallest absolute Gasteiger partial charge is 0.336 e. The summed E-state index contributed by atoms with van der Waals surface area (Å²) >= 11 is 0. The van der Waals surface area contributed by atoms with Crippen LogP contribution in [0.15, 0.2) is 145 Å². The summed E-state index contributed by atoms with van der Waals surface area (Å²) in [6.07, 6.45) is 1.59. The summed E-state index contributed by atoms with van der Waals surface area (Å²) in [5.41, 5.74) is 6.16. The first-order valence-corrected chi connectivity index (χ1v) is 19.4. The molecule has 10 heteroatoms. The van der Waals surface area contributed by atoms with Gasteiger partial charge in [-0.15, -0.1) is 0 Å². The lowest BCUT2D eigenvalue weighted by Crippen LogP contribution is -2.06. The van der Waals surface area contributed by atoms with Crippen molar-refractivity contribution in [1.29, 1.82) is 0 Å². The van der Waals surface area contributed by atoms with Crippen LogP contribution in [0, 0.1) is 20.8 Å². The maximum absolute atomic E-state index is 12.0. The van der Waals surface area contributed by atoms with Crippen LogP contribution in [0.3, 0.4) is 0 Å². The van der Waals surface area contributed by atoms with Crippen molar-refractivity contribution in [3.05, 3.63) is 159 Å². The van der Waals surface area contributed by atoms with Gasteiger partial charge in [0.15, 0.2) is 22.7 Å². The lowest BCUT2D eigenvalue weighted by Gasteiger charge is -2.12. The minimum absolute atomic E-state index is 0.0207. The summed E-state index contributed by atoms with van der Waals surface area (Å²) in [6.45, 7) is 10.4. The van der Waals surface area contributed by atoms with E-state index in [1.165, 1.54) is 12.1 Å². The zero-order valence-electron chi connectivity index (χ0n) is 31.5. The van der Waals surface area contributed by atoms with E-state index in [0.29, 0.717) is 29.9 Å². The Morgan fingerprint density at radius 1 is 0.600 bits per heavy atom. The quantitative estimate of drug-likeness (QED) is 0.113. The maximum atomic E-state index is 12.0. The van der Waals surface area contributed by atoms with Crippen molar-refractivity contribution >= 4 is 32.1 Å². The Balaban J connectivity index is 0.000000162. The molecule has 2 heterocycles. The summed E-state index contributed by atoms with van der Waals surface area (Å²) < 4.78 is 44.1. The molecule has 0 amide bonds. The molecule has 0 saturated carbocycles. The molecule has 0 aliphatic carbocycles. The van der Waals surface area contributed by atoms with Gasteiger partial charge >= 0.3 is 11.3 Å². The van der Waals surface area contributed by atoms with Crippen LogP contribution < -0.4 is 16.0 Å². The molecule has 9 nitrogen and oxygen atoms in total. The van der Waals surface area contributed by atoms with E-state index < -0.39 is 15.7 Å². The number of rotatable bonds is 9. The van der Waals surface area contributed by atoms with Crippen LogP contribution in [0.4, 0.5) is 0 Å². The average molecular weight is 761 g/mol. The topological polar surface area (TPSA) is 133 Å². The molecule has 284 valence electrons. The van der Waals surface area contributed by atoms with E-state index >= 15 is 0 Å². The summed E-state index contributed by atoms with van der Waals surface area (Å²) in [7, 11) is -3.54. The van der Waals surface area contributed by atoms with Gasteiger partial charge in [-0.1, -0.05) is 116 Å². The minimum atomic E-state index is -3.54. The van der Waals surface area contributed by atoms with Crippen LogP contribution in [-0.2, 0) is 14.3 Å². The summed E-state index contributed by atoms with van der Waals surface area (Å²) in [6, 6.07) is 36.7. The highest BCUT2D eigenvalue weighted by atomic mass is 32.2. The molecule has 0 fully saturated rings. The van der Waals surface area contributed by atoms with E-state index in [0.717, 1.165) is 50.6 Å². The Morgan fingerprint density at radius 2 is 1.09 bits per heavy atom. The number of phenols is 1. The zero-order valence-corrected chi connectivity index (χ0v) is 32.3. The van der Waals surface area contributed by atoms with Crippen molar-refractivity contribution in [2.24, 2.45) is 0 Å². The molecule has 5 aromatic carbocycles. The van der Waals surface area contributed by atoms with Crippen molar-refractivity contribution < 1.29 is 31.3 Å². The van der Waals surface area contributed by atoms with Crippen molar-refractivity contribution in [3.8, 4) is 33.8 Å². The molecule has 0 atom stereocenters. The molecule has 55 heavy (non-hydrogen) atoms. The molecule has 1 N–H and O–H groups in total. The van der Waals surface area contributed by atoms with E-state index in [1.807, 2.05) is 113 Å². The molecule has 0 radical (unpaired) electrons. The van der Waals surface area contributed by atoms with Crippen LogP contribution in [0.2, 0.25) is 0 Å². The largest absolute Gasteiger partial charge is 0.504 e. The van der Waals surface area contributed by atoms with Gasteiger partial charge in [-0.25, -0.2) is 9.59 Å². The second kappa shape index (κ2) is 18.4. The lowest BCUT2D eigenvalue weighted by atomic mass is 10.0. The normalized spacial score (nSPS) is 11.0. The molecule has 7 aromatic rings. The molecule has 0 saturated heterocycles. The first-order chi connectivity index (χ1) is 26.4. The predicted molar refractivity (Wildman–Crippen MR) is 217 cm³/mol. The molecule has 0 bridgehead atoms. The first kappa shape index (κ1) is 40.2. The summed E-state index contributed by atoms with van der Waals surface area (Å²) in [4.78, 5) is 23.9. The molecule has 7 rings (SSSR count). The third kappa shape index (κ3) is 9.97. The highest BCUT2D eigenvalue weighted by Gasteiger charge is 2.16. The Labute approximate surface area is 320 Å². The van der Waals surface area contributed by atoms with Gasteiger partial charge in [0.05, 0.1) is 18.1 Å². The molecular weight excluding hydrogens is 717 g/mol. The van der Waals surface area contributed by atoms with Gasteiger partial charge in [0.2, 0.25) is 0 Å². The second-order valence-electron chi connectivity index (χ2n) is 12.8. The van der Waals surface area contributed by atoms with E-state index in [1.54, 1.807) is 31.2 Å². The molecule has 0 unspecified atom stereocenters. The fourth-order valence-electron chi connectivity index (χ4n) is 5.67. The lowest BCUT2D eigenvalue weighted by molar-refractivity contribution is 0.313. The molecule has 0 aliphatic rings. The van der Waals surface area contributed by atoms with E-state index in [2.05, 4.69) is 0 Å². The fourth-order valence-corrected chi connectivity index (χ4v) is 6.67. The highest BCUT2D eigenvalue weighted by Crippen LogP contribution is 2.35. The molecule has 0 spiro atoms. The number of phenolic OH excluding ortho intramolecular Hbond substituents is 1. The Kier molecular flexibility index (Phi) is 13.4. The zero-order chi connectivity index (χ0) is 39.5. The van der Waals surface area contributed by atoms with Gasteiger partial charge in [-0.2, -0.15) is 8.42 Å². The predicted octanol–water partition coefficient (Wildman–Crippen LogP) is 10.1. The van der Waals surface area contributed by atoms with Crippen molar-refractivity contribution in [2.45, 2.75) is 52.4 Å². The third-order valence-corrected chi connectivity index (χ3v) is 9.85. The van der Waals surface area contributed by atoms with Crippen molar-refractivity contribution in [1.82, 2.24) is 0 Å². The number of aromatic hydroxyl groups is 1. The van der Waals surface area contributed by atoms with Gasteiger partial charge in [-0.05, 0) is 79.1 Å². The van der Waals surface area contributed by atoms with Gasteiger partial charge in [-0.3, -0.25) is 4.18 Å². The summed E-state index contributed by atoms with van der Waals surface area (Å²) in [5, 5.41) is 11.6. The van der Waals surface area contributed by atoms with Crippen LogP contribution in [0.1, 0.15) is 43.4 Å². The van der Waals surface area contributed by atoms with Crippen molar-refractivity contribution in [2.75, 3.05) is 13.2 Å². The minimum Gasteiger partial charge on any atom is -0.504 e. The Hall–Kier alpha value is -5.97. The third-order valence-electron chi connectivity index (χ3n) is 8.52. The first-order valence-electron chi connectivity index (χ1n) is 18.0. The number of fused-ring (bicyclic) bond motifs is 2. The number of hydrogen-bond acceptors (Lipinski definition) is 9. The highest BCUT2D eigenvalue weighted by molar-refractivity contribution is 7.86. The number of hydrogen-bond donors (Lipinski definition) is 1. The summed E-state index contributed by atoms with van der Waals surface area (Å²) in [5.74, 6) is 0.682. The monoisotopic (exact) mass is 760 g/mol. The number of aryl methyl sites for hydroxylation is 3. The average Bonchev–Trinajstić information content (AvgIpc) is 3.19. The second-order valence-corrected chi connectivity index (χ2v) is 14.4. The van der Waals surface area contributed by atoms with Crippen LogP contribution in [0.25, 0.3) is 44.2 Å². The van der Waals surface area contributed by atoms with Crippen LogP contribution >= 0.6 is 0 Å². The SMILES string of the molecule is CCCOS(=O)(=O)c1ccc(C)cc1.CCCOc1c(C)ccc2c(-c3ccccc3)cc(=O)oc12.Cc1ccc2c(-c3ccccc3)cc(=O)oc2c1O. The van der Waals surface area contributed by atoms with E-state index in [9.17, 15) is 23.1 Å². The van der Waals surface area contributed by atoms with Crippen LogP contribution in [-0.4, -0.2) is 26.7 Å². The molecule has 0 aliphatic heterocycles. The number of ether oxygens (including phenoxy) is 1. The Bertz CT molecular complexity index is 2590. The van der Waals surface area contributed by atoms with E-state index in [-0.39, 0.29) is 28.5 Å². The molecule has 2 aromatic heterocycles.